The Morgan fingerprint density at radius 1 is 1.26 bits per heavy atom. The summed E-state index contributed by atoms with van der Waals surface area (Å²) in [6.07, 6.45) is 10.8. The summed E-state index contributed by atoms with van der Waals surface area (Å²) in [5.41, 5.74) is 0.672. The number of carbonyl (C=O) groups excluding carboxylic acids is 1. The Morgan fingerprint density at radius 3 is 2.89 bits per heavy atom. The highest BCUT2D eigenvalue weighted by Crippen LogP contribution is 2.17. The Bertz CT molecular complexity index is 450. The van der Waals surface area contributed by atoms with Crippen LogP contribution in [0.2, 0.25) is 0 Å². The first-order chi connectivity index (χ1) is 9.33. The minimum absolute atomic E-state index is 0.0414. The molecule has 0 radical (unpaired) electrons. The Morgan fingerprint density at radius 2 is 2.05 bits per heavy atom. The topological polar surface area (TPSA) is 59.3 Å². The quantitative estimate of drug-likeness (QED) is 0.769. The van der Waals surface area contributed by atoms with Gasteiger partial charge >= 0.3 is 0 Å². The molecule has 1 aromatic rings. The summed E-state index contributed by atoms with van der Waals surface area (Å²) in [4.78, 5) is 20.2. The molecule has 0 unspecified atom stereocenters. The highest BCUT2D eigenvalue weighted by molar-refractivity contribution is 6.04. The zero-order chi connectivity index (χ0) is 13.5. The summed E-state index contributed by atoms with van der Waals surface area (Å²) in [7, 11) is 0. The van der Waals surface area contributed by atoms with E-state index >= 15 is 0 Å². The van der Waals surface area contributed by atoms with Crippen LogP contribution in [0.15, 0.2) is 11.3 Å². The van der Waals surface area contributed by atoms with Crippen LogP contribution in [-0.2, 0) is 6.54 Å². The molecule has 0 aromatic carbocycles. The van der Waals surface area contributed by atoms with Crippen LogP contribution >= 0.6 is 0 Å². The van der Waals surface area contributed by atoms with Gasteiger partial charge in [-0.2, -0.15) is 0 Å². The van der Waals surface area contributed by atoms with Gasteiger partial charge in [0.25, 0.3) is 0 Å². The number of ketones is 1. The predicted molar refractivity (Wildman–Crippen MR) is 76.9 cm³/mol. The molecule has 0 spiro atoms. The third-order valence-corrected chi connectivity index (χ3v) is 3.38. The van der Waals surface area contributed by atoms with E-state index in [2.05, 4.69) is 22.2 Å². The maximum absolute atomic E-state index is 11.9. The van der Waals surface area contributed by atoms with Crippen LogP contribution in [0.1, 0.15) is 55.9 Å². The average Bonchev–Trinajstić information content (AvgIpc) is 2.72. The van der Waals surface area contributed by atoms with E-state index in [1.165, 1.54) is 32.1 Å². The first-order valence-corrected chi connectivity index (χ1v) is 7.16. The molecule has 0 aliphatic carbocycles. The molecular formula is C14H22N4O. The number of rotatable bonds is 7. The summed E-state index contributed by atoms with van der Waals surface area (Å²) >= 11 is 0. The second kappa shape index (κ2) is 7.07. The van der Waals surface area contributed by atoms with Crippen LogP contribution in [0.4, 0.5) is 5.82 Å². The van der Waals surface area contributed by atoms with Crippen molar-refractivity contribution in [2.45, 2.75) is 52.0 Å². The molecule has 104 valence electrons. The molecule has 2 rings (SSSR count). The van der Waals surface area contributed by atoms with E-state index in [4.69, 9.17) is 0 Å². The number of imidazole rings is 1. The van der Waals surface area contributed by atoms with Crippen LogP contribution in [0.5, 0.6) is 0 Å². The van der Waals surface area contributed by atoms with E-state index in [0.717, 1.165) is 13.0 Å². The molecule has 0 saturated heterocycles. The fourth-order valence-electron chi connectivity index (χ4n) is 2.32. The average molecular weight is 262 g/mol. The third kappa shape index (κ3) is 3.66. The lowest BCUT2D eigenvalue weighted by Gasteiger charge is -2.07. The molecule has 2 heterocycles. The van der Waals surface area contributed by atoms with Crippen molar-refractivity contribution in [1.82, 2.24) is 9.55 Å². The van der Waals surface area contributed by atoms with Gasteiger partial charge in [-0.05, 0) is 6.42 Å². The first-order valence-electron chi connectivity index (χ1n) is 7.16. The van der Waals surface area contributed by atoms with Crippen molar-refractivity contribution in [3.05, 3.63) is 12.0 Å². The number of anilines is 1. The molecule has 1 aliphatic rings. The second-order valence-corrected chi connectivity index (χ2v) is 4.94. The standard InChI is InChI=1S/C14H22N4O/c1-2-3-4-5-6-7-8-18-11-17-14-13(18)12(19)9-15-10-16-14/h10-11H,2-9H2,1H3,(H,15,16). The summed E-state index contributed by atoms with van der Waals surface area (Å²) in [5, 5.41) is 2.95. The molecule has 1 aliphatic heterocycles. The number of unbranched alkanes of at least 4 members (excludes halogenated alkanes) is 5. The van der Waals surface area contributed by atoms with Crippen molar-refractivity contribution in [3.63, 3.8) is 0 Å². The smallest absolute Gasteiger partial charge is 0.204 e. The molecule has 0 atom stereocenters. The lowest BCUT2D eigenvalue weighted by Crippen LogP contribution is -2.11. The van der Waals surface area contributed by atoms with Crippen LogP contribution < -0.4 is 5.32 Å². The normalized spacial score (nSPS) is 14.1. The lowest BCUT2D eigenvalue weighted by atomic mass is 10.1. The highest BCUT2D eigenvalue weighted by atomic mass is 16.1. The monoisotopic (exact) mass is 262 g/mol. The van der Waals surface area contributed by atoms with E-state index in [1.807, 2.05) is 4.57 Å². The Labute approximate surface area is 114 Å². The van der Waals surface area contributed by atoms with Crippen molar-refractivity contribution in [1.29, 1.82) is 0 Å². The molecule has 1 N–H and O–H groups in total. The number of nitrogens with zero attached hydrogens (tertiary/aromatic N) is 3. The fourth-order valence-corrected chi connectivity index (χ4v) is 2.32. The molecule has 0 bridgehead atoms. The van der Waals surface area contributed by atoms with E-state index in [1.54, 1.807) is 12.7 Å². The highest BCUT2D eigenvalue weighted by Gasteiger charge is 2.19. The number of carbonyl (C=O) groups is 1. The fraction of sp³-hybridized carbons (Fsp3) is 0.643. The molecule has 0 amide bonds. The van der Waals surface area contributed by atoms with Crippen LogP contribution in [0, 0.1) is 0 Å². The van der Waals surface area contributed by atoms with Crippen LogP contribution in [-0.4, -0.2) is 28.2 Å². The van der Waals surface area contributed by atoms with Crippen LogP contribution in [0.3, 0.4) is 0 Å². The van der Waals surface area contributed by atoms with Crippen LogP contribution in [0.25, 0.3) is 0 Å². The molecule has 0 fully saturated rings. The van der Waals surface area contributed by atoms with E-state index < -0.39 is 0 Å². The van der Waals surface area contributed by atoms with Gasteiger partial charge in [-0.25, -0.2) is 4.98 Å². The van der Waals surface area contributed by atoms with Gasteiger partial charge in [-0.1, -0.05) is 39.0 Å². The Balaban J connectivity index is 1.85. The van der Waals surface area contributed by atoms with Gasteiger partial charge in [0.05, 0.1) is 12.7 Å². The number of nitrogens with one attached hydrogen (secondary N) is 1. The van der Waals surface area contributed by atoms with Gasteiger partial charge in [0.1, 0.15) is 12.2 Å². The number of aromatic nitrogens is 2. The molecule has 1 aromatic heterocycles. The van der Waals surface area contributed by atoms with E-state index in [0.29, 0.717) is 11.5 Å². The Kier molecular flexibility index (Phi) is 5.12. The SMILES string of the molecule is CCCCCCCCn1cnc2c1C(=O)CN=CN2. The van der Waals surface area contributed by atoms with Crippen molar-refractivity contribution < 1.29 is 4.79 Å². The summed E-state index contributed by atoms with van der Waals surface area (Å²) in [6.45, 7) is 3.30. The van der Waals surface area contributed by atoms with Gasteiger partial charge in [0.15, 0.2) is 5.82 Å². The molecule has 5 nitrogen and oxygen atoms in total. The second-order valence-electron chi connectivity index (χ2n) is 4.94. The number of fused-ring (bicyclic) bond motifs is 1. The summed E-state index contributed by atoms with van der Waals surface area (Å²) < 4.78 is 1.96. The minimum Gasteiger partial charge on any atom is -0.330 e. The molecule has 5 heteroatoms. The maximum Gasteiger partial charge on any atom is 0.204 e. The number of aryl methyl sites for hydroxylation is 1. The van der Waals surface area contributed by atoms with E-state index in [-0.39, 0.29) is 12.3 Å². The number of hydrogen-bond acceptors (Lipinski definition) is 4. The van der Waals surface area contributed by atoms with Gasteiger partial charge in [0.2, 0.25) is 5.78 Å². The van der Waals surface area contributed by atoms with Gasteiger partial charge in [-0.15, -0.1) is 0 Å². The summed E-state index contributed by atoms with van der Waals surface area (Å²) in [6, 6.07) is 0. The summed E-state index contributed by atoms with van der Waals surface area (Å²) in [5.74, 6) is 0.678. The zero-order valence-corrected chi connectivity index (χ0v) is 11.6. The predicted octanol–water partition coefficient (Wildman–Crippen LogP) is 2.88. The van der Waals surface area contributed by atoms with Crippen molar-refractivity contribution >= 4 is 17.9 Å². The molecule has 19 heavy (non-hydrogen) atoms. The number of Topliss-reactive ketones (excluding diaryl/α,β-unsaturated/α-hetero) is 1. The van der Waals surface area contributed by atoms with Gasteiger partial charge < -0.3 is 9.88 Å². The first kappa shape index (κ1) is 13.8. The van der Waals surface area contributed by atoms with E-state index in [9.17, 15) is 4.79 Å². The minimum atomic E-state index is 0.0414. The lowest BCUT2D eigenvalue weighted by molar-refractivity contribution is 0.0994. The van der Waals surface area contributed by atoms with Gasteiger partial charge in [-0.3, -0.25) is 9.79 Å². The van der Waals surface area contributed by atoms with Crippen molar-refractivity contribution in [2.24, 2.45) is 4.99 Å². The van der Waals surface area contributed by atoms with Gasteiger partial charge in [0, 0.05) is 6.54 Å². The number of aliphatic imine (C=N–C) groups is 1. The Hall–Kier alpha value is -1.65. The zero-order valence-electron chi connectivity index (χ0n) is 11.6. The van der Waals surface area contributed by atoms with Crippen molar-refractivity contribution in [3.8, 4) is 0 Å². The number of hydrogen-bond donors (Lipinski definition) is 1. The largest absolute Gasteiger partial charge is 0.330 e. The third-order valence-electron chi connectivity index (χ3n) is 3.38. The van der Waals surface area contributed by atoms with Crippen molar-refractivity contribution in [2.75, 3.05) is 11.9 Å². The maximum atomic E-state index is 11.9. The molecule has 0 saturated carbocycles. The molecular weight excluding hydrogens is 240 g/mol.